The third-order valence-electron chi connectivity index (χ3n) is 2.73. The van der Waals surface area contributed by atoms with E-state index in [4.69, 9.17) is 17.9 Å². The summed E-state index contributed by atoms with van der Waals surface area (Å²) in [6.45, 7) is 5.77. The summed E-state index contributed by atoms with van der Waals surface area (Å²) >= 11 is 0. The van der Waals surface area contributed by atoms with E-state index < -0.39 is 8.26 Å². The Hall–Kier alpha value is -0.530. The first kappa shape index (κ1) is 18.5. The van der Waals surface area contributed by atoms with Crippen molar-refractivity contribution in [1.82, 2.24) is 4.90 Å². The molecule has 2 rings (SSSR count). The summed E-state index contributed by atoms with van der Waals surface area (Å²) in [6, 6.07) is 9.98. The fourth-order valence-electron chi connectivity index (χ4n) is 1.82. The van der Waals surface area contributed by atoms with E-state index in [1.54, 1.807) is 0 Å². The van der Waals surface area contributed by atoms with Gasteiger partial charge >= 0.3 is 8.26 Å². The first-order valence-electron chi connectivity index (χ1n) is 6.57. The van der Waals surface area contributed by atoms with E-state index in [-0.39, 0.29) is 0 Å². The highest BCUT2D eigenvalue weighted by atomic mass is 36.0. The largest absolute Gasteiger partial charge is 0.494 e. The summed E-state index contributed by atoms with van der Waals surface area (Å²) in [4.78, 5) is 2.43. The first-order valence-corrected chi connectivity index (χ1v) is 9.71. The van der Waals surface area contributed by atoms with E-state index in [2.05, 4.69) is 26.3 Å². The molecule has 1 aliphatic heterocycles. The van der Waals surface area contributed by atoms with Gasteiger partial charge in [-0.2, -0.15) is 8.42 Å². The molecule has 1 aromatic rings. The molecule has 0 aromatic heterocycles. The van der Waals surface area contributed by atoms with Crippen LogP contribution in [0.15, 0.2) is 30.3 Å². The van der Waals surface area contributed by atoms with Crippen LogP contribution in [0.4, 0.5) is 0 Å². The first-order chi connectivity index (χ1) is 9.95. The van der Waals surface area contributed by atoms with Crippen molar-refractivity contribution in [3.63, 3.8) is 0 Å². The van der Waals surface area contributed by atoms with Crippen molar-refractivity contribution in [3.8, 4) is 5.75 Å². The van der Waals surface area contributed by atoms with Crippen LogP contribution in [0, 0.1) is 0 Å². The van der Waals surface area contributed by atoms with Crippen molar-refractivity contribution in [2.45, 2.75) is 6.42 Å². The smallest absolute Gasteiger partial charge is 0.317 e. The average Bonchev–Trinajstić information content (AvgIpc) is 2.44. The quantitative estimate of drug-likeness (QED) is 0.599. The lowest BCUT2D eigenvalue weighted by Gasteiger charge is -2.26. The zero-order valence-electron chi connectivity index (χ0n) is 11.6. The molecule has 0 N–H and O–H groups in total. The van der Waals surface area contributed by atoms with Crippen LogP contribution < -0.4 is 4.74 Å². The minimum Gasteiger partial charge on any atom is -0.494 e. The molecule has 1 aromatic carbocycles. The molecular weight excluding hydrogens is 337 g/mol. The number of halogens is 2. The van der Waals surface area contributed by atoms with Crippen molar-refractivity contribution in [3.05, 3.63) is 30.3 Å². The molecule has 0 radical (unpaired) electrons. The Bertz CT molecular complexity index is 470. The van der Waals surface area contributed by atoms with Gasteiger partial charge in [-0.25, -0.2) is 0 Å². The Morgan fingerprint density at radius 3 is 2.29 bits per heavy atom. The molecule has 0 saturated carbocycles. The summed E-state index contributed by atoms with van der Waals surface area (Å²) in [5.41, 5.74) is 0. The Kier molecular flexibility index (Phi) is 9.03. The summed E-state index contributed by atoms with van der Waals surface area (Å²) in [5.74, 6) is 0.962. The van der Waals surface area contributed by atoms with Crippen LogP contribution in [0.3, 0.4) is 0 Å². The number of benzene rings is 1. The summed E-state index contributed by atoms with van der Waals surface area (Å²) < 4.78 is 29.3. The van der Waals surface area contributed by atoms with Crippen molar-refractivity contribution in [2.24, 2.45) is 0 Å². The van der Waals surface area contributed by atoms with E-state index in [1.165, 1.54) is 0 Å². The molecule has 5 nitrogen and oxygen atoms in total. The minimum atomic E-state index is -3.72. The van der Waals surface area contributed by atoms with Crippen LogP contribution in [0.1, 0.15) is 6.42 Å². The van der Waals surface area contributed by atoms with Crippen LogP contribution in [0.25, 0.3) is 0 Å². The van der Waals surface area contributed by atoms with Gasteiger partial charge in [0.15, 0.2) is 0 Å². The zero-order chi connectivity index (χ0) is 15.6. The van der Waals surface area contributed by atoms with Gasteiger partial charge in [0.25, 0.3) is 0 Å². The van der Waals surface area contributed by atoms with Gasteiger partial charge in [0, 0.05) is 41.0 Å². The van der Waals surface area contributed by atoms with Crippen molar-refractivity contribution >= 4 is 29.6 Å². The summed E-state index contributed by atoms with van der Waals surface area (Å²) in [7, 11) is 4.81. The number of para-hydroxylation sites is 1. The Labute approximate surface area is 134 Å². The zero-order valence-corrected chi connectivity index (χ0v) is 13.9. The molecule has 8 heteroatoms. The number of morpholine rings is 1. The van der Waals surface area contributed by atoms with Gasteiger partial charge in [-0.15, -0.1) is 0 Å². The molecule has 1 fully saturated rings. The van der Waals surface area contributed by atoms with Gasteiger partial charge in [-0.05, 0) is 18.6 Å². The third-order valence-corrected chi connectivity index (χ3v) is 2.73. The monoisotopic (exact) mass is 355 g/mol. The highest BCUT2D eigenvalue weighted by Crippen LogP contribution is 2.08. The van der Waals surface area contributed by atoms with Gasteiger partial charge in [-0.3, -0.25) is 4.90 Å². The summed E-state index contributed by atoms with van der Waals surface area (Å²) in [5, 5.41) is 0. The van der Waals surface area contributed by atoms with Gasteiger partial charge in [0.2, 0.25) is 0 Å². The summed E-state index contributed by atoms with van der Waals surface area (Å²) in [6.07, 6.45) is 1.08. The number of hydrogen-bond donors (Lipinski definition) is 0. The highest BCUT2D eigenvalue weighted by molar-refractivity contribution is 8.31. The van der Waals surface area contributed by atoms with E-state index in [1.807, 2.05) is 30.3 Å². The fourth-order valence-corrected chi connectivity index (χ4v) is 1.82. The topological polar surface area (TPSA) is 55.8 Å². The minimum absolute atomic E-state index is 0.793. The molecule has 21 heavy (non-hydrogen) atoms. The molecule has 1 aliphatic rings. The average molecular weight is 356 g/mol. The van der Waals surface area contributed by atoms with Crippen molar-refractivity contribution < 1.29 is 17.9 Å². The Morgan fingerprint density at radius 1 is 1.14 bits per heavy atom. The van der Waals surface area contributed by atoms with Crippen LogP contribution in [0.2, 0.25) is 0 Å². The predicted octanol–water partition coefficient (Wildman–Crippen LogP) is 2.50. The maximum Gasteiger partial charge on any atom is 0.317 e. The number of nitrogens with zero attached hydrogens (tertiary/aromatic N) is 1. The van der Waals surface area contributed by atoms with Crippen LogP contribution in [-0.4, -0.2) is 52.8 Å². The third kappa shape index (κ3) is 11.8. The normalized spacial score (nSPS) is 15.9. The lowest BCUT2D eigenvalue weighted by molar-refractivity contribution is 0.0358. The van der Waals surface area contributed by atoms with Gasteiger partial charge < -0.3 is 9.47 Å². The Morgan fingerprint density at radius 2 is 1.71 bits per heavy atom. The van der Waals surface area contributed by atoms with E-state index >= 15 is 0 Å². The molecule has 0 unspecified atom stereocenters. The number of hydrogen-bond acceptors (Lipinski definition) is 5. The van der Waals surface area contributed by atoms with E-state index in [0.717, 1.165) is 51.6 Å². The van der Waals surface area contributed by atoms with Crippen LogP contribution >= 0.6 is 21.4 Å². The molecule has 1 saturated heterocycles. The molecule has 0 bridgehead atoms. The molecule has 0 atom stereocenters. The maximum atomic E-state index is 9.16. The molecule has 0 spiro atoms. The van der Waals surface area contributed by atoms with Crippen molar-refractivity contribution in [2.75, 3.05) is 39.5 Å². The molecule has 120 valence electrons. The second kappa shape index (κ2) is 10.2. The van der Waals surface area contributed by atoms with Crippen LogP contribution in [0.5, 0.6) is 5.75 Å². The SMILES string of the molecule is O=S(=O)(Cl)Cl.c1ccc(OCCCN2CCOCC2)cc1. The lowest BCUT2D eigenvalue weighted by atomic mass is 10.3. The molecule has 1 heterocycles. The van der Waals surface area contributed by atoms with E-state index in [9.17, 15) is 0 Å². The second-order valence-electron chi connectivity index (χ2n) is 4.35. The fraction of sp³-hybridized carbons (Fsp3) is 0.538. The number of rotatable bonds is 5. The van der Waals surface area contributed by atoms with Gasteiger partial charge in [0.1, 0.15) is 5.75 Å². The highest BCUT2D eigenvalue weighted by Gasteiger charge is 2.09. The van der Waals surface area contributed by atoms with Gasteiger partial charge in [-0.1, -0.05) is 18.2 Å². The Balaban J connectivity index is 0.000000383. The number of ether oxygens (including phenoxy) is 2. The molecular formula is C13H19Cl2NO4S. The predicted molar refractivity (Wildman–Crippen MR) is 84.4 cm³/mol. The van der Waals surface area contributed by atoms with Crippen molar-refractivity contribution in [1.29, 1.82) is 0 Å². The molecule has 0 aliphatic carbocycles. The van der Waals surface area contributed by atoms with Crippen LogP contribution in [-0.2, 0) is 13.0 Å². The maximum absolute atomic E-state index is 9.16. The second-order valence-corrected chi connectivity index (χ2v) is 8.02. The standard InChI is InChI=1S/C13H19NO2.Cl2O2S/c1-2-5-13(6-3-1)16-10-4-7-14-8-11-15-12-9-14;1-5(2,3)4/h1-3,5-6H,4,7-12H2;. The molecule has 0 amide bonds. The van der Waals surface area contributed by atoms with E-state index in [0.29, 0.717) is 0 Å². The lowest BCUT2D eigenvalue weighted by Crippen LogP contribution is -2.37. The van der Waals surface area contributed by atoms with Gasteiger partial charge in [0.05, 0.1) is 19.8 Å².